The third-order valence-corrected chi connectivity index (χ3v) is 10.8. The maximum atomic E-state index is 12.8. The van der Waals surface area contributed by atoms with Gasteiger partial charge in [-0.15, -0.1) is 0 Å². The average Bonchev–Trinajstić information content (AvgIpc) is 3.27. The van der Waals surface area contributed by atoms with E-state index in [2.05, 4.69) is 87.6 Å². The van der Waals surface area contributed by atoms with Crippen molar-refractivity contribution in [2.75, 3.05) is 13.2 Å². The lowest BCUT2D eigenvalue weighted by Gasteiger charge is -2.18. The Hall–Kier alpha value is -3.41. The van der Waals surface area contributed by atoms with Crippen molar-refractivity contribution in [3.05, 3.63) is 85.1 Å². The molecule has 0 amide bonds. The first kappa shape index (κ1) is 58.6. The van der Waals surface area contributed by atoms with Gasteiger partial charge in [0, 0.05) is 19.3 Å². The fraction of sp³-hybridized carbons (Fsp3) is 0.696. The summed E-state index contributed by atoms with van der Waals surface area (Å²) >= 11 is 0. The van der Waals surface area contributed by atoms with E-state index in [9.17, 15) is 14.4 Å². The van der Waals surface area contributed by atoms with Gasteiger partial charge in [-0.05, 0) is 57.8 Å². The van der Waals surface area contributed by atoms with Crippen LogP contribution < -0.4 is 0 Å². The second kappa shape index (κ2) is 50.2. The van der Waals surface area contributed by atoms with Crippen LogP contribution in [-0.2, 0) is 28.6 Å². The van der Waals surface area contributed by atoms with E-state index in [-0.39, 0.29) is 31.1 Å². The molecule has 0 aliphatic heterocycles. The topological polar surface area (TPSA) is 78.9 Å². The molecule has 0 spiro atoms. The van der Waals surface area contributed by atoms with Crippen LogP contribution in [0.1, 0.15) is 233 Å². The molecule has 1 unspecified atom stereocenters. The molecule has 354 valence electrons. The predicted octanol–water partition coefficient (Wildman–Crippen LogP) is 16.8. The Morgan fingerprint density at radius 2 is 0.629 bits per heavy atom. The summed E-state index contributed by atoms with van der Waals surface area (Å²) in [5, 5.41) is 0. The number of ether oxygens (including phenoxy) is 3. The molecule has 0 N–H and O–H groups in total. The van der Waals surface area contributed by atoms with Gasteiger partial charge in [-0.1, -0.05) is 241 Å². The maximum absolute atomic E-state index is 12.8. The Bertz CT molecular complexity index is 1220. The normalized spacial score (nSPS) is 12.8. The molecule has 0 fully saturated rings. The minimum atomic E-state index is -0.795. The van der Waals surface area contributed by atoms with Gasteiger partial charge >= 0.3 is 17.9 Å². The SMILES string of the molecule is CC\C=C/C=C\C=C/C=C\CCCCCCCC(=O)OC(COC(=O)CCCCCCC\C=C/C=C\C=C/CC)COC(=O)CCCCCCCCCCCCCCCCCC. The number of rotatable bonds is 45. The highest BCUT2D eigenvalue weighted by molar-refractivity contribution is 5.71. The molecule has 0 bridgehead atoms. The van der Waals surface area contributed by atoms with Crippen LogP contribution in [0.2, 0.25) is 0 Å². The van der Waals surface area contributed by atoms with Crippen LogP contribution in [0, 0.1) is 0 Å². The number of hydrogen-bond donors (Lipinski definition) is 0. The molecule has 1 atom stereocenters. The lowest BCUT2D eigenvalue weighted by molar-refractivity contribution is -0.167. The van der Waals surface area contributed by atoms with Crippen LogP contribution in [0.3, 0.4) is 0 Å². The molecule has 0 heterocycles. The van der Waals surface area contributed by atoms with Crippen molar-refractivity contribution in [2.24, 2.45) is 0 Å². The van der Waals surface area contributed by atoms with Crippen LogP contribution in [0.25, 0.3) is 0 Å². The summed E-state index contributed by atoms with van der Waals surface area (Å²) in [6.07, 6.45) is 64.2. The summed E-state index contributed by atoms with van der Waals surface area (Å²) in [5.74, 6) is -0.936. The van der Waals surface area contributed by atoms with Crippen LogP contribution in [0.15, 0.2) is 85.1 Å². The molecule has 0 saturated heterocycles. The van der Waals surface area contributed by atoms with Crippen LogP contribution >= 0.6 is 0 Å². The Kier molecular flexibility index (Phi) is 47.5. The van der Waals surface area contributed by atoms with Crippen molar-refractivity contribution < 1.29 is 28.6 Å². The Balaban J connectivity index is 4.44. The predicted molar refractivity (Wildman–Crippen MR) is 265 cm³/mol. The lowest BCUT2D eigenvalue weighted by Crippen LogP contribution is -2.30. The first-order valence-electron chi connectivity index (χ1n) is 25.7. The van der Waals surface area contributed by atoms with E-state index in [4.69, 9.17) is 14.2 Å². The zero-order chi connectivity index (χ0) is 45.1. The molecule has 0 aliphatic carbocycles. The minimum Gasteiger partial charge on any atom is -0.462 e. The van der Waals surface area contributed by atoms with Crippen LogP contribution in [0.5, 0.6) is 0 Å². The smallest absolute Gasteiger partial charge is 0.306 e. The summed E-state index contributed by atoms with van der Waals surface area (Å²) in [6.45, 7) is 6.33. The number of esters is 3. The van der Waals surface area contributed by atoms with E-state index in [1.807, 2.05) is 18.2 Å². The molecule has 0 aromatic carbocycles. The molecule has 0 saturated carbocycles. The van der Waals surface area contributed by atoms with Gasteiger partial charge in [0.1, 0.15) is 13.2 Å². The molecule has 0 aliphatic rings. The summed E-state index contributed by atoms with van der Waals surface area (Å²) in [7, 11) is 0. The van der Waals surface area contributed by atoms with Gasteiger partial charge in [0.2, 0.25) is 0 Å². The van der Waals surface area contributed by atoms with Crippen LogP contribution in [-0.4, -0.2) is 37.2 Å². The van der Waals surface area contributed by atoms with Gasteiger partial charge < -0.3 is 14.2 Å². The highest BCUT2D eigenvalue weighted by Gasteiger charge is 2.19. The Morgan fingerprint density at radius 1 is 0.339 bits per heavy atom. The van der Waals surface area contributed by atoms with Gasteiger partial charge in [-0.3, -0.25) is 14.4 Å². The third-order valence-electron chi connectivity index (χ3n) is 10.8. The summed E-state index contributed by atoms with van der Waals surface area (Å²) in [4.78, 5) is 38.0. The first-order valence-corrected chi connectivity index (χ1v) is 25.7. The molecule has 6 heteroatoms. The van der Waals surface area contributed by atoms with Crippen molar-refractivity contribution in [1.29, 1.82) is 0 Å². The molecule has 6 nitrogen and oxygen atoms in total. The molecule has 0 rings (SSSR count). The van der Waals surface area contributed by atoms with Gasteiger partial charge in [0.25, 0.3) is 0 Å². The molecular formula is C56H94O6. The van der Waals surface area contributed by atoms with Crippen molar-refractivity contribution in [3.8, 4) is 0 Å². The van der Waals surface area contributed by atoms with Crippen molar-refractivity contribution in [1.82, 2.24) is 0 Å². The Morgan fingerprint density at radius 3 is 0.984 bits per heavy atom. The lowest BCUT2D eigenvalue weighted by atomic mass is 10.0. The van der Waals surface area contributed by atoms with E-state index in [1.165, 1.54) is 83.5 Å². The first-order chi connectivity index (χ1) is 30.5. The quantitative estimate of drug-likeness (QED) is 0.0263. The maximum Gasteiger partial charge on any atom is 0.306 e. The third kappa shape index (κ3) is 47.6. The van der Waals surface area contributed by atoms with E-state index >= 15 is 0 Å². The van der Waals surface area contributed by atoms with Crippen molar-refractivity contribution in [3.63, 3.8) is 0 Å². The largest absolute Gasteiger partial charge is 0.462 e. The van der Waals surface area contributed by atoms with Crippen LogP contribution in [0.4, 0.5) is 0 Å². The van der Waals surface area contributed by atoms with Gasteiger partial charge in [-0.25, -0.2) is 0 Å². The fourth-order valence-corrected chi connectivity index (χ4v) is 6.98. The zero-order valence-corrected chi connectivity index (χ0v) is 40.4. The summed E-state index contributed by atoms with van der Waals surface area (Å²) < 4.78 is 16.8. The molecule has 62 heavy (non-hydrogen) atoms. The second-order valence-electron chi connectivity index (χ2n) is 16.8. The van der Waals surface area contributed by atoms with E-state index in [1.54, 1.807) is 0 Å². The average molecular weight is 863 g/mol. The number of hydrogen-bond acceptors (Lipinski definition) is 6. The van der Waals surface area contributed by atoms with Crippen molar-refractivity contribution >= 4 is 17.9 Å². The Labute approximate surface area is 382 Å². The summed E-state index contributed by atoms with van der Waals surface area (Å²) in [6, 6.07) is 0. The molecular weight excluding hydrogens is 769 g/mol. The molecule has 0 aromatic rings. The fourth-order valence-electron chi connectivity index (χ4n) is 6.98. The van der Waals surface area contributed by atoms with E-state index < -0.39 is 6.10 Å². The second-order valence-corrected chi connectivity index (χ2v) is 16.8. The van der Waals surface area contributed by atoms with Gasteiger partial charge in [0.15, 0.2) is 6.10 Å². The van der Waals surface area contributed by atoms with Gasteiger partial charge in [-0.2, -0.15) is 0 Å². The number of carbonyl (C=O) groups excluding carboxylic acids is 3. The number of carbonyl (C=O) groups is 3. The molecule has 0 aromatic heterocycles. The number of unbranched alkanes of at least 4 members (excludes halogenated alkanes) is 25. The minimum absolute atomic E-state index is 0.0920. The monoisotopic (exact) mass is 863 g/mol. The van der Waals surface area contributed by atoms with E-state index in [0.29, 0.717) is 19.3 Å². The summed E-state index contributed by atoms with van der Waals surface area (Å²) in [5.41, 5.74) is 0. The van der Waals surface area contributed by atoms with Crippen molar-refractivity contribution in [2.45, 2.75) is 239 Å². The van der Waals surface area contributed by atoms with E-state index in [0.717, 1.165) is 109 Å². The molecule has 0 radical (unpaired) electrons. The standard InChI is InChI=1S/C56H94O6/c1-4-7-10-13-16-19-22-25-27-29-31-34-37-40-43-46-49-55(58)61-52-53(51-60-54(57)48-45-42-39-36-33-30-24-21-18-15-12-9-6-3)62-56(59)50-47-44-41-38-35-32-28-26-23-20-17-14-11-8-5-2/h8-9,11-12,14-15,17-18,20-21,23-24,26,28,53H,4-7,10,13,16,19,22,25,27,29-52H2,1-3H3/b11-8-,12-9-,17-14-,18-15-,23-20-,24-21-,28-26-. The zero-order valence-electron chi connectivity index (χ0n) is 40.4. The highest BCUT2D eigenvalue weighted by atomic mass is 16.6. The highest BCUT2D eigenvalue weighted by Crippen LogP contribution is 2.15. The van der Waals surface area contributed by atoms with Gasteiger partial charge in [0.05, 0.1) is 0 Å². The number of allylic oxidation sites excluding steroid dienone is 14.